The third-order valence-electron chi connectivity index (χ3n) is 4.89. The first kappa shape index (κ1) is 15.9. The van der Waals surface area contributed by atoms with Crippen LogP contribution in [0.5, 0.6) is 11.5 Å². The molecule has 1 fully saturated rings. The summed E-state index contributed by atoms with van der Waals surface area (Å²) in [5.74, 6) is 2.27. The molecule has 3 aromatic rings. The summed E-state index contributed by atoms with van der Waals surface area (Å²) in [5.41, 5.74) is 2.84. The fourth-order valence-electron chi connectivity index (χ4n) is 3.40. The predicted octanol–water partition coefficient (Wildman–Crippen LogP) is 3.29. The molecular formula is C20H17N3O4. The Labute approximate surface area is 155 Å². The van der Waals surface area contributed by atoms with Crippen LogP contribution in [-0.2, 0) is 4.79 Å². The molecule has 0 unspecified atom stereocenters. The van der Waals surface area contributed by atoms with Gasteiger partial charge in [-0.3, -0.25) is 4.79 Å². The summed E-state index contributed by atoms with van der Waals surface area (Å²) in [5, 5.41) is 4.08. The average Bonchev–Trinajstić information content (AvgIpc) is 3.41. The minimum atomic E-state index is -0.117. The second-order valence-electron chi connectivity index (χ2n) is 6.77. The number of carbonyl (C=O) groups is 1. The first-order valence-electron chi connectivity index (χ1n) is 8.78. The second kappa shape index (κ2) is 6.12. The number of aryl methyl sites for hydroxylation is 1. The third kappa shape index (κ3) is 2.81. The highest BCUT2D eigenvalue weighted by atomic mass is 16.7. The van der Waals surface area contributed by atoms with Crippen LogP contribution >= 0.6 is 0 Å². The summed E-state index contributed by atoms with van der Waals surface area (Å²) >= 11 is 0. The van der Waals surface area contributed by atoms with Gasteiger partial charge in [0.15, 0.2) is 11.5 Å². The van der Waals surface area contributed by atoms with Gasteiger partial charge >= 0.3 is 0 Å². The van der Waals surface area contributed by atoms with Gasteiger partial charge in [0.25, 0.3) is 0 Å². The van der Waals surface area contributed by atoms with Crippen LogP contribution < -0.4 is 14.4 Å². The van der Waals surface area contributed by atoms with Gasteiger partial charge in [-0.15, -0.1) is 0 Å². The molecule has 5 rings (SSSR count). The van der Waals surface area contributed by atoms with Crippen molar-refractivity contribution in [2.75, 3.05) is 18.2 Å². The van der Waals surface area contributed by atoms with E-state index in [0.29, 0.717) is 36.2 Å². The fraction of sp³-hybridized carbons (Fsp3) is 0.250. The van der Waals surface area contributed by atoms with Gasteiger partial charge in [0.05, 0.1) is 5.92 Å². The average molecular weight is 363 g/mol. The molecule has 0 bridgehead atoms. The third-order valence-corrected chi connectivity index (χ3v) is 4.89. The Morgan fingerprint density at radius 1 is 1.07 bits per heavy atom. The van der Waals surface area contributed by atoms with E-state index in [2.05, 4.69) is 10.1 Å². The fourth-order valence-corrected chi connectivity index (χ4v) is 3.40. The number of hydrogen-bond acceptors (Lipinski definition) is 6. The van der Waals surface area contributed by atoms with Gasteiger partial charge in [-0.1, -0.05) is 22.9 Å². The van der Waals surface area contributed by atoms with Gasteiger partial charge in [-0.05, 0) is 37.3 Å². The molecule has 27 heavy (non-hydrogen) atoms. The molecule has 0 N–H and O–H groups in total. The summed E-state index contributed by atoms with van der Waals surface area (Å²) in [6.45, 7) is 2.77. The Kier molecular flexibility index (Phi) is 3.60. The lowest BCUT2D eigenvalue weighted by Gasteiger charge is -2.16. The smallest absolute Gasteiger partial charge is 0.232 e. The van der Waals surface area contributed by atoms with Crippen molar-refractivity contribution in [1.29, 1.82) is 0 Å². The van der Waals surface area contributed by atoms with Crippen molar-refractivity contribution in [2.45, 2.75) is 19.3 Å². The van der Waals surface area contributed by atoms with Gasteiger partial charge in [0.2, 0.25) is 24.4 Å². The van der Waals surface area contributed by atoms with E-state index in [1.54, 1.807) is 4.90 Å². The highest BCUT2D eigenvalue weighted by Gasteiger charge is 2.35. The lowest BCUT2D eigenvalue weighted by molar-refractivity contribution is -0.117. The number of amides is 1. The molecule has 7 nitrogen and oxygen atoms in total. The largest absolute Gasteiger partial charge is 0.454 e. The van der Waals surface area contributed by atoms with Crippen LogP contribution in [0.25, 0.3) is 11.4 Å². The van der Waals surface area contributed by atoms with E-state index in [1.807, 2.05) is 49.4 Å². The second-order valence-corrected chi connectivity index (χ2v) is 6.77. The monoisotopic (exact) mass is 363 g/mol. The van der Waals surface area contributed by atoms with Gasteiger partial charge in [-0.2, -0.15) is 4.98 Å². The van der Waals surface area contributed by atoms with Crippen LogP contribution in [0, 0.1) is 6.92 Å². The number of rotatable bonds is 3. The zero-order valence-electron chi connectivity index (χ0n) is 14.7. The maximum absolute atomic E-state index is 12.5. The van der Waals surface area contributed by atoms with E-state index in [9.17, 15) is 4.79 Å². The van der Waals surface area contributed by atoms with Crippen molar-refractivity contribution in [3.05, 3.63) is 53.9 Å². The highest BCUT2D eigenvalue weighted by Crippen LogP contribution is 2.36. The van der Waals surface area contributed by atoms with E-state index in [0.717, 1.165) is 16.8 Å². The molecule has 1 saturated heterocycles. The highest BCUT2D eigenvalue weighted by molar-refractivity contribution is 5.96. The topological polar surface area (TPSA) is 77.7 Å². The first-order valence-corrected chi connectivity index (χ1v) is 8.78. The van der Waals surface area contributed by atoms with Crippen molar-refractivity contribution in [2.24, 2.45) is 0 Å². The number of benzene rings is 2. The Hall–Kier alpha value is -3.35. The molecule has 1 aromatic heterocycles. The molecule has 0 saturated carbocycles. The molecule has 2 aliphatic rings. The molecule has 0 radical (unpaired) electrons. The van der Waals surface area contributed by atoms with Gasteiger partial charge < -0.3 is 18.9 Å². The van der Waals surface area contributed by atoms with Crippen LogP contribution in [0.2, 0.25) is 0 Å². The maximum Gasteiger partial charge on any atom is 0.232 e. The molecule has 3 heterocycles. The molecule has 2 aliphatic heterocycles. The number of anilines is 1. The molecule has 2 aromatic carbocycles. The lowest BCUT2D eigenvalue weighted by Crippen LogP contribution is -2.24. The van der Waals surface area contributed by atoms with E-state index in [4.69, 9.17) is 14.0 Å². The minimum Gasteiger partial charge on any atom is -0.454 e. The van der Waals surface area contributed by atoms with Gasteiger partial charge in [0.1, 0.15) is 0 Å². The molecule has 1 atom stereocenters. The normalized spacial score (nSPS) is 18.3. The zero-order valence-corrected chi connectivity index (χ0v) is 14.7. The first-order chi connectivity index (χ1) is 13.2. The molecule has 1 amide bonds. The minimum absolute atomic E-state index is 0.0617. The van der Waals surface area contributed by atoms with Crippen molar-refractivity contribution in [3.63, 3.8) is 0 Å². The van der Waals surface area contributed by atoms with Crippen molar-refractivity contribution >= 4 is 11.6 Å². The van der Waals surface area contributed by atoms with Crippen molar-refractivity contribution in [1.82, 2.24) is 10.1 Å². The number of fused-ring (bicyclic) bond motifs is 1. The number of nitrogens with zero attached hydrogens (tertiary/aromatic N) is 3. The Morgan fingerprint density at radius 3 is 2.74 bits per heavy atom. The van der Waals surface area contributed by atoms with Crippen LogP contribution in [0.3, 0.4) is 0 Å². The van der Waals surface area contributed by atoms with Gasteiger partial charge in [-0.25, -0.2) is 0 Å². The van der Waals surface area contributed by atoms with Crippen molar-refractivity contribution < 1.29 is 18.8 Å². The SMILES string of the molecule is Cc1ccc(N2C[C@@H](c3nc(-c4ccc5c(c4)OCO5)no3)CC2=O)cc1. The molecule has 0 aliphatic carbocycles. The Morgan fingerprint density at radius 2 is 1.89 bits per heavy atom. The Balaban J connectivity index is 1.37. The standard InChI is InChI=1S/C20H17N3O4/c1-12-2-5-15(6-3-12)23-10-14(9-18(23)24)20-21-19(22-27-20)13-4-7-16-17(8-13)26-11-25-16/h2-8,14H,9-11H2,1H3/t14-/m0/s1. The number of carbonyl (C=O) groups excluding carboxylic acids is 1. The van der Waals surface area contributed by atoms with E-state index in [1.165, 1.54) is 0 Å². The van der Waals surface area contributed by atoms with Crippen LogP contribution in [0.1, 0.15) is 23.8 Å². The molecular weight excluding hydrogens is 346 g/mol. The molecule has 7 heteroatoms. The summed E-state index contributed by atoms with van der Waals surface area (Å²) in [6.07, 6.45) is 0.358. The number of hydrogen-bond donors (Lipinski definition) is 0. The van der Waals surface area contributed by atoms with E-state index in [-0.39, 0.29) is 18.6 Å². The van der Waals surface area contributed by atoms with Gasteiger partial charge in [0, 0.05) is 24.2 Å². The number of aromatic nitrogens is 2. The summed E-state index contributed by atoms with van der Waals surface area (Å²) in [6, 6.07) is 13.4. The summed E-state index contributed by atoms with van der Waals surface area (Å²) in [7, 11) is 0. The molecule has 136 valence electrons. The molecule has 0 spiro atoms. The summed E-state index contributed by atoms with van der Waals surface area (Å²) in [4.78, 5) is 18.7. The van der Waals surface area contributed by atoms with E-state index < -0.39 is 0 Å². The summed E-state index contributed by atoms with van der Waals surface area (Å²) < 4.78 is 16.2. The Bertz CT molecular complexity index is 1010. The lowest BCUT2D eigenvalue weighted by atomic mass is 10.1. The van der Waals surface area contributed by atoms with E-state index >= 15 is 0 Å². The zero-order chi connectivity index (χ0) is 18.4. The maximum atomic E-state index is 12.5. The van der Waals surface area contributed by atoms with Crippen LogP contribution in [-0.4, -0.2) is 29.4 Å². The number of ether oxygens (including phenoxy) is 2. The van der Waals surface area contributed by atoms with Crippen LogP contribution in [0.4, 0.5) is 5.69 Å². The van der Waals surface area contributed by atoms with Crippen molar-refractivity contribution in [3.8, 4) is 22.9 Å². The predicted molar refractivity (Wildman–Crippen MR) is 96.7 cm³/mol. The van der Waals surface area contributed by atoms with Crippen LogP contribution in [0.15, 0.2) is 47.0 Å². The quantitative estimate of drug-likeness (QED) is 0.711.